The van der Waals surface area contributed by atoms with Gasteiger partial charge in [0.1, 0.15) is 6.61 Å². The summed E-state index contributed by atoms with van der Waals surface area (Å²) in [5.74, 6) is -0.848. The molecule has 0 bridgehead atoms. The summed E-state index contributed by atoms with van der Waals surface area (Å²) in [6.07, 6.45) is 93.5. The van der Waals surface area contributed by atoms with Gasteiger partial charge in [0.15, 0.2) is 6.10 Å². The van der Waals surface area contributed by atoms with Crippen LogP contribution in [0.3, 0.4) is 0 Å². The highest BCUT2D eigenvalue weighted by Gasteiger charge is 2.26. The van der Waals surface area contributed by atoms with Gasteiger partial charge < -0.3 is 20.1 Å². The molecule has 10 heteroatoms. The van der Waals surface area contributed by atoms with Crippen molar-refractivity contribution in [2.24, 2.45) is 5.73 Å². The second kappa shape index (κ2) is 65.0. The van der Waals surface area contributed by atoms with Gasteiger partial charge in [0, 0.05) is 19.4 Å². The first-order valence-electron chi connectivity index (χ1n) is 32.3. The van der Waals surface area contributed by atoms with Crippen LogP contribution >= 0.6 is 7.82 Å². The third-order valence-electron chi connectivity index (χ3n) is 13.2. The molecule has 0 rings (SSSR count). The van der Waals surface area contributed by atoms with E-state index < -0.39 is 32.5 Å². The Bertz CT molecular complexity index is 1830. The number of unbranched alkanes of at least 4 members (excludes halogenated alkanes) is 22. The second-order valence-electron chi connectivity index (χ2n) is 20.9. The fourth-order valence-electron chi connectivity index (χ4n) is 8.46. The Morgan fingerprint density at radius 3 is 1.01 bits per heavy atom. The van der Waals surface area contributed by atoms with E-state index in [9.17, 15) is 19.0 Å². The molecular formula is C71H118NO8P. The van der Waals surface area contributed by atoms with E-state index in [0.29, 0.717) is 12.8 Å². The normalized spacial score (nSPS) is 14.0. The number of carbonyl (C=O) groups is 2. The largest absolute Gasteiger partial charge is 0.472 e. The number of hydrogen-bond acceptors (Lipinski definition) is 8. The maximum Gasteiger partial charge on any atom is 0.472 e. The monoisotopic (exact) mass is 1140 g/mol. The lowest BCUT2D eigenvalue weighted by Gasteiger charge is -2.19. The van der Waals surface area contributed by atoms with Gasteiger partial charge in [-0.3, -0.25) is 18.6 Å². The van der Waals surface area contributed by atoms with E-state index in [1.807, 2.05) is 0 Å². The lowest BCUT2D eigenvalue weighted by atomic mass is 10.0. The number of ether oxygens (including phenoxy) is 2. The molecule has 3 N–H and O–H groups in total. The Balaban J connectivity index is 3.94. The lowest BCUT2D eigenvalue weighted by Crippen LogP contribution is -2.29. The highest BCUT2D eigenvalue weighted by atomic mass is 31.2. The van der Waals surface area contributed by atoms with Crippen LogP contribution in [0.4, 0.5) is 0 Å². The Labute approximate surface area is 496 Å². The molecule has 0 aromatic rings. The summed E-state index contributed by atoms with van der Waals surface area (Å²) in [6.45, 7) is 3.58. The third-order valence-corrected chi connectivity index (χ3v) is 14.2. The fraction of sp³-hybridized carbons (Fsp3) is 0.634. The minimum absolute atomic E-state index is 0.0453. The van der Waals surface area contributed by atoms with Crippen LogP contribution in [0.5, 0.6) is 0 Å². The summed E-state index contributed by atoms with van der Waals surface area (Å²) >= 11 is 0. The molecule has 0 aromatic heterocycles. The van der Waals surface area contributed by atoms with Gasteiger partial charge in [-0.2, -0.15) is 0 Å². The Kier molecular flexibility index (Phi) is 61.7. The zero-order valence-electron chi connectivity index (χ0n) is 51.5. The Hall–Kier alpha value is -4.11. The summed E-state index contributed by atoms with van der Waals surface area (Å²) in [5.41, 5.74) is 5.39. The average molecular weight is 1140 g/mol. The van der Waals surface area contributed by atoms with Crippen molar-refractivity contribution in [2.45, 2.75) is 264 Å². The van der Waals surface area contributed by atoms with Crippen molar-refractivity contribution in [1.29, 1.82) is 0 Å². The second-order valence-corrected chi connectivity index (χ2v) is 22.3. The first-order valence-corrected chi connectivity index (χ1v) is 33.8. The van der Waals surface area contributed by atoms with E-state index in [1.54, 1.807) is 0 Å². The zero-order valence-corrected chi connectivity index (χ0v) is 52.4. The number of rotatable bonds is 59. The van der Waals surface area contributed by atoms with Crippen molar-refractivity contribution in [3.63, 3.8) is 0 Å². The first kappa shape index (κ1) is 76.9. The molecule has 0 saturated heterocycles. The molecule has 81 heavy (non-hydrogen) atoms. The number of allylic oxidation sites excluding steroid dienone is 24. The van der Waals surface area contributed by atoms with Gasteiger partial charge >= 0.3 is 19.8 Å². The molecule has 0 aliphatic carbocycles. The molecule has 2 atom stereocenters. The standard InChI is InChI=1S/C71H118NO8P/c1-3-5-7-9-11-13-15-17-19-21-23-24-25-26-27-28-29-30-31-32-33-34-35-36-37-38-39-40-41-42-43-44-46-48-50-52-54-56-58-60-62-64-71(74)80-69(68-79-81(75,76)78-66-65-72)67-77-70(73)63-61-59-57-55-53-51-49-47-45-22-20-18-16-14-12-10-8-6-4-2/h5,7,11-14,17-20,23-24,26-27,29-30,32-33,35-36,38-39,45,47,69H,3-4,6,8-10,15-16,21-22,25,28,31,34,37,40-44,46,48-68,72H2,1-2H3,(H,75,76)/b7-5-,13-11-,14-12-,19-17-,20-18-,24-23-,27-26-,30-29-,33-32-,36-35-,39-38-,47-45-. The molecule has 460 valence electrons. The molecule has 0 heterocycles. The highest BCUT2D eigenvalue weighted by molar-refractivity contribution is 7.47. The van der Waals surface area contributed by atoms with E-state index in [0.717, 1.165) is 128 Å². The number of phosphoric acid groups is 1. The summed E-state index contributed by atoms with van der Waals surface area (Å²) in [6, 6.07) is 0. The van der Waals surface area contributed by atoms with Gasteiger partial charge in [-0.05, 0) is 122 Å². The highest BCUT2D eigenvalue weighted by Crippen LogP contribution is 2.43. The molecule has 2 unspecified atom stereocenters. The molecule has 0 radical (unpaired) electrons. The van der Waals surface area contributed by atoms with E-state index in [2.05, 4.69) is 160 Å². The van der Waals surface area contributed by atoms with Gasteiger partial charge in [-0.25, -0.2) is 4.57 Å². The van der Waals surface area contributed by atoms with Crippen LogP contribution in [0.2, 0.25) is 0 Å². The van der Waals surface area contributed by atoms with Crippen molar-refractivity contribution in [3.05, 3.63) is 146 Å². The molecule has 0 amide bonds. The van der Waals surface area contributed by atoms with Gasteiger partial charge in [-0.15, -0.1) is 0 Å². The number of phosphoric ester groups is 1. The molecule has 0 saturated carbocycles. The predicted molar refractivity (Wildman–Crippen MR) is 348 cm³/mol. The van der Waals surface area contributed by atoms with Crippen molar-refractivity contribution >= 4 is 19.8 Å². The van der Waals surface area contributed by atoms with Crippen LogP contribution in [0, 0.1) is 0 Å². The fourth-order valence-corrected chi connectivity index (χ4v) is 9.22. The van der Waals surface area contributed by atoms with Crippen molar-refractivity contribution < 1.29 is 37.6 Å². The van der Waals surface area contributed by atoms with Gasteiger partial charge in [-0.1, -0.05) is 269 Å². The minimum atomic E-state index is -4.40. The molecule has 0 aliphatic rings. The Morgan fingerprint density at radius 1 is 0.383 bits per heavy atom. The van der Waals surface area contributed by atoms with Crippen molar-refractivity contribution in [2.75, 3.05) is 26.4 Å². The van der Waals surface area contributed by atoms with Crippen molar-refractivity contribution in [3.8, 4) is 0 Å². The lowest BCUT2D eigenvalue weighted by molar-refractivity contribution is -0.161. The molecule has 0 aromatic carbocycles. The number of esters is 2. The van der Waals surface area contributed by atoms with Crippen LogP contribution in [-0.4, -0.2) is 49.3 Å². The summed E-state index contributed by atoms with van der Waals surface area (Å²) in [5, 5.41) is 0. The average Bonchev–Trinajstić information content (AvgIpc) is 3.46. The van der Waals surface area contributed by atoms with Crippen molar-refractivity contribution in [1.82, 2.24) is 0 Å². The minimum Gasteiger partial charge on any atom is -0.462 e. The SMILES string of the molecule is CC/C=C\C/C=C\C/C=C\C/C=C\C/C=C\C/C=C\C/C=C\C/C=C\C/C=C\CCCCCCCCCCCCCCCC(=O)OC(COC(=O)CCCCCCCC/C=C\C/C=C\C/C=C\CCCCC)COP(=O)(O)OCCN. The maximum atomic E-state index is 12.7. The molecule has 0 aliphatic heterocycles. The number of hydrogen-bond donors (Lipinski definition) is 2. The zero-order chi connectivity index (χ0) is 58.7. The van der Waals surface area contributed by atoms with Crippen LogP contribution < -0.4 is 5.73 Å². The van der Waals surface area contributed by atoms with E-state index >= 15 is 0 Å². The smallest absolute Gasteiger partial charge is 0.462 e. The van der Waals surface area contributed by atoms with Crippen LogP contribution in [0.15, 0.2) is 146 Å². The molecular weight excluding hydrogens is 1030 g/mol. The quantitative estimate of drug-likeness (QED) is 0.0264. The maximum absolute atomic E-state index is 12.7. The summed E-state index contributed by atoms with van der Waals surface area (Å²) in [7, 11) is -4.40. The van der Waals surface area contributed by atoms with Crippen LogP contribution in [0.1, 0.15) is 258 Å². The van der Waals surface area contributed by atoms with E-state index in [1.165, 1.54) is 89.9 Å². The number of nitrogens with two attached hydrogens (primary N) is 1. The van der Waals surface area contributed by atoms with Crippen LogP contribution in [0.25, 0.3) is 0 Å². The van der Waals surface area contributed by atoms with Gasteiger partial charge in [0.2, 0.25) is 0 Å². The number of carbonyl (C=O) groups excluding carboxylic acids is 2. The topological polar surface area (TPSA) is 134 Å². The molecule has 0 fully saturated rings. The third kappa shape index (κ3) is 64.9. The van der Waals surface area contributed by atoms with E-state index in [4.69, 9.17) is 24.3 Å². The predicted octanol–water partition coefficient (Wildman–Crippen LogP) is 21.1. The van der Waals surface area contributed by atoms with Crippen LogP contribution in [-0.2, 0) is 32.7 Å². The van der Waals surface area contributed by atoms with Gasteiger partial charge in [0.25, 0.3) is 0 Å². The summed E-state index contributed by atoms with van der Waals surface area (Å²) < 4.78 is 33.1. The first-order chi connectivity index (χ1) is 39.8. The summed E-state index contributed by atoms with van der Waals surface area (Å²) in [4.78, 5) is 35.2. The van der Waals surface area contributed by atoms with E-state index in [-0.39, 0.29) is 32.6 Å². The van der Waals surface area contributed by atoms with Gasteiger partial charge in [0.05, 0.1) is 13.2 Å². The molecule has 9 nitrogen and oxygen atoms in total. The molecule has 0 spiro atoms. The Morgan fingerprint density at radius 2 is 0.679 bits per heavy atom.